The minimum atomic E-state index is 0.00848. The van der Waals surface area contributed by atoms with E-state index in [1.54, 1.807) is 0 Å². The minimum absolute atomic E-state index is 0.00848. The largest absolute Gasteiger partial charge is 0.457 e. The Morgan fingerprint density at radius 2 is 1.34 bits per heavy atom. The number of benzene rings is 5. The van der Waals surface area contributed by atoms with Gasteiger partial charge in [-0.05, 0) is 113 Å². The molecule has 2 aliphatic rings. The Kier molecular flexibility index (Phi) is 7.77. The third-order valence-corrected chi connectivity index (χ3v) is 14.1. The summed E-state index contributed by atoms with van der Waals surface area (Å²) in [5, 5.41) is 6.68. The molecule has 1 saturated carbocycles. The van der Waals surface area contributed by atoms with Crippen LogP contribution in [-0.2, 0) is 10.8 Å². The predicted molar refractivity (Wildman–Crippen MR) is 239 cm³/mol. The zero-order chi connectivity index (χ0) is 39.5. The number of aryl methyl sites for hydroxylation is 2. The lowest BCUT2D eigenvalue weighted by Gasteiger charge is -2.43. The number of hydrogen-bond acceptors (Lipinski definition) is 4. The second-order valence-electron chi connectivity index (χ2n) is 18.3. The molecule has 0 amide bonds. The fourth-order valence-corrected chi connectivity index (χ4v) is 11.5. The number of furan rings is 1. The average molecular weight is 760 g/mol. The van der Waals surface area contributed by atoms with E-state index in [1.165, 1.54) is 59.7 Å². The summed E-state index contributed by atoms with van der Waals surface area (Å²) >= 11 is 0. The first-order valence-electron chi connectivity index (χ1n) is 21.1. The fourth-order valence-electron chi connectivity index (χ4n) is 11.5. The molecule has 5 nitrogen and oxygen atoms in total. The van der Waals surface area contributed by atoms with Crippen molar-refractivity contribution in [2.75, 3.05) is 0 Å². The van der Waals surface area contributed by atoms with E-state index in [4.69, 9.17) is 19.1 Å². The second kappa shape index (κ2) is 12.8. The van der Waals surface area contributed by atoms with Gasteiger partial charge in [0.05, 0.1) is 16.7 Å². The van der Waals surface area contributed by atoms with Gasteiger partial charge in [-0.2, -0.15) is 0 Å². The standard InChI is InChI=1S/C53H49N3O2/c1-31-24-48(55-29-32(31)2)56-46-19-13-12-18-38(46)39-23-21-35(27-47(39)56)57-36-25-41-40-22-20-33-14-10-11-17-37(33)49(40)58-50(41)42(26-36)45-28-43-44(30-54-45)53(5,6)51(52(43,3)4)34-15-8-7-9-16-34/h10-14,17-30,34,51H,7-9,15-16H2,1-6H3. The maximum absolute atomic E-state index is 6.95. The van der Waals surface area contributed by atoms with Crippen LogP contribution in [0.5, 0.6) is 11.5 Å². The molecule has 1 fully saturated rings. The zero-order valence-electron chi connectivity index (χ0n) is 34.3. The van der Waals surface area contributed by atoms with E-state index in [-0.39, 0.29) is 10.8 Å². The van der Waals surface area contributed by atoms with Crippen molar-refractivity contribution in [3.63, 3.8) is 0 Å². The van der Waals surface area contributed by atoms with Crippen LogP contribution in [0.15, 0.2) is 120 Å². The van der Waals surface area contributed by atoms with Crippen molar-refractivity contribution in [1.82, 2.24) is 14.5 Å². The molecule has 5 heteroatoms. The fraction of sp³-hybridized carbons (Fsp3) is 0.283. The van der Waals surface area contributed by atoms with E-state index in [2.05, 4.69) is 155 Å². The van der Waals surface area contributed by atoms with E-state index in [0.717, 1.165) is 83.6 Å². The van der Waals surface area contributed by atoms with Crippen LogP contribution in [0, 0.1) is 25.7 Å². The van der Waals surface area contributed by atoms with Crippen molar-refractivity contribution < 1.29 is 9.15 Å². The molecular weight excluding hydrogens is 711 g/mol. The van der Waals surface area contributed by atoms with Gasteiger partial charge in [0.25, 0.3) is 0 Å². The number of para-hydroxylation sites is 1. The molecule has 2 aliphatic carbocycles. The zero-order valence-corrected chi connectivity index (χ0v) is 34.3. The Morgan fingerprint density at radius 3 is 2.17 bits per heavy atom. The highest BCUT2D eigenvalue weighted by atomic mass is 16.5. The number of rotatable bonds is 5. The molecule has 4 aromatic heterocycles. The highest BCUT2D eigenvalue weighted by Crippen LogP contribution is 2.59. The molecule has 1 unspecified atom stereocenters. The summed E-state index contributed by atoms with van der Waals surface area (Å²) in [5.74, 6) is 3.68. The van der Waals surface area contributed by atoms with Gasteiger partial charge in [0, 0.05) is 51.0 Å². The van der Waals surface area contributed by atoms with Crippen molar-refractivity contribution in [3.8, 4) is 28.6 Å². The molecule has 4 heterocycles. The van der Waals surface area contributed by atoms with Crippen molar-refractivity contribution in [2.45, 2.75) is 84.5 Å². The molecule has 288 valence electrons. The van der Waals surface area contributed by atoms with Crippen LogP contribution in [0.2, 0.25) is 0 Å². The first kappa shape index (κ1) is 35.2. The number of aromatic nitrogens is 3. The Hall–Kier alpha value is -5.94. The van der Waals surface area contributed by atoms with Crippen molar-refractivity contribution in [1.29, 1.82) is 0 Å². The van der Waals surface area contributed by atoms with Gasteiger partial charge in [0.15, 0.2) is 0 Å². The van der Waals surface area contributed by atoms with Crippen LogP contribution in [0.4, 0.5) is 0 Å². The van der Waals surface area contributed by atoms with Crippen LogP contribution in [0.3, 0.4) is 0 Å². The number of ether oxygens (including phenoxy) is 1. The third-order valence-electron chi connectivity index (χ3n) is 14.1. The van der Waals surface area contributed by atoms with E-state index in [9.17, 15) is 0 Å². The first-order chi connectivity index (χ1) is 28.1. The van der Waals surface area contributed by atoms with E-state index in [0.29, 0.717) is 5.92 Å². The molecule has 58 heavy (non-hydrogen) atoms. The lowest BCUT2D eigenvalue weighted by Crippen LogP contribution is -2.40. The summed E-state index contributed by atoms with van der Waals surface area (Å²) in [7, 11) is 0. The molecule has 0 aliphatic heterocycles. The van der Waals surface area contributed by atoms with E-state index in [1.807, 2.05) is 6.20 Å². The SMILES string of the molecule is Cc1cnc(-n2c3ccccc3c3ccc(Oc4cc(-c5cc6c(cn5)C(C)(C)C(C5CCCCC5)C6(C)C)c5oc6c7ccccc7ccc6c5c4)cc32)cc1C. The maximum atomic E-state index is 6.95. The normalized spacial score (nSPS) is 17.9. The smallest absolute Gasteiger partial charge is 0.145 e. The Morgan fingerprint density at radius 1 is 0.603 bits per heavy atom. The van der Waals surface area contributed by atoms with E-state index < -0.39 is 0 Å². The van der Waals surface area contributed by atoms with Gasteiger partial charge in [0.2, 0.25) is 0 Å². The van der Waals surface area contributed by atoms with Gasteiger partial charge >= 0.3 is 0 Å². The topological polar surface area (TPSA) is 53.1 Å². The molecular formula is C53H49N3O2. The molecule has 0 radical (unpaired) electrons. The maximum Gasteiger partial charge on any atom is 0.145 e. The van der Waals surface area contributed by atoms with Crippen LogP contribution in [0.1, 0.15) is 82.1 Å². The van der Waals surface area contributed by atoms with Gasteiger partial charge in [-0.15, -0.1) is 0 Å². The second-order valence-corrected chi connectivity index (χ2v) is 18.3. The van der Waals surface area contributed by atoms with Crippen LogP contribution < -0.4 is 4.74 Å². The molecule has 1 atom stereocenters. The first-order valence-corrected chi connectivity index (χ1v) is 21.1. The number of hydrogen-bond donors (Lipinski definition) is 0. The van der Waals surface area contributed by atoms with Crippen LogP contribution in [-0.4, -0.2) is 14.5 Å². The van der Waals surface area contributed by atoms with Crippen molar-refractivity contribution in [2.24, 2.45) is 11.8 Å². The summed E-state index contributed by atoms with van der Waals surface area (Å²) in [6.45, 7) is 14.1. The third kappa shape index (κ3) is 5.21. The molecule has 0 N–H and O–H groups in total. The number of nitrogens with zero attached hydrogens (tertiary/aromatic N) is 3. The summed E-state index contributed by atoms with van der Waals surface area (Å²) in [6, 6.07) is 36.7. The quantitative estimate of drug-likeness (QED) is 0.175. The number of pyridine rings is 2. The molecule has 0 saturated heterocycles. The average Bonchev–Trinajstić information content (AvgIpc) is 3.82. The summed E-state index contributed by atoms with van der Waals surface area (Å²) < 4.78 is 16.2. The van der Waals surface area contributed by atoms with Crippen LogP contribution >= 0.6 is 0 Å². The Bertz CT molecular complexity index is 3120. The highest BCUT2D eigenvalue weighted by molar-refractivity contribution is 6.17. The Labute approximate surface area is 339 Å². The predicted octanol–water partition coefficient (Wildman–Crippen LogP) is 14.5. The lowest BCUT2D eigenvalue weighted by atomic mass is 9.61. The number of fused-ring (bicyclic) bond motifs is 9. The van der Waals surface area contributed by atoms with Gasteiger partial charge in [-0.25, -0.2) is 4.98 Å². The van der Waals surface area contributed by atoms with Crippen molar-refractivity contribution >= 4 is 54.5 Å². The van der Waals surface area contributed by atoms with E-state index >= 15 is 0 Å². The molecule has 0 spiro atoms. The minimum Gasteiger partial charge on any atom is -0.457 e. The van der Waals surface area contributed by atoms with Gasteiger partial charge in [-0.3, -0.25) is 9.55 Å². The lowest BCUT2D eigenvalue weighted by molar-refractivity contribution is 0.118. The molecule has 9 aromatic rings. The van der Waals surface area contributed by atoms with Gasteiger partial charge in [0.1, 0.15) is 28.5 Å². The summed E-state index contributed by atoms with van der Waals surface area (Å²) in [5.41, 5.74) is 11.0. The monoisotopic (exact) mass is 759 g/mol. The highest BCUT2D eigenvalue weighted by Gasteiger charge is 2.54. The van der Waals surface area contributed by atoms with Gasteiger partial charge < -0.3 is 9.15 Å². The van der Waals surface area contributed by atoms with Crippen molar-refractivity contribution in [3.05, 3.63) is 138 Å². The summed E-state index contributed by atoms with van der Waals surface area (Å²) in [4.78, 5) is 10.2. The molecule has 5 aromatic carbocycles. The molecule has 11 rings (SSSR count). The van der Waals surface area contributed by atoms with Gasteiger partial charge in [-0.1, -0.05) is 108 Å². The molecule has 0 bridgehead atoms. The summed E-state index contributed by atoms with van der Waals surface area (Å²) in [6.07, 6.45) is 10.9. The van der Waals surface area contributed by atoms with Crippen LogP contribution in [0.25, 0.3) is 71.6 Å². The Balaban J connectivity index is 1.09.